The number of hydrogen-bond acceptors (Lipinski definition) is 3. The molecule has 1 aliphatic rings. The van der Waals surface area contributed by atoms with Gasteiger partial charge in [0.15, 0.2) is 0 Å². The van der Waals surface area contributed by atoms with Crippen LogP contribution in [0.2, 0.25) is 0 Å². The fourth-order valence-corrected chi connectivity index (χ4v) is 2.22. The molecule has 1 aromatic rings. The molecule has 4 heteroatoms. The van der Waals surface area contributed by atoms with Gasteiger partial charge in [-0.15, -0.1) is 0 Å². The van der Waals surface area contributed by atoms with E-state index in [0.717, 1.165) is 5.69 Å². The van der Waals surface area contributed by atoms with Gasteiger partial charge in [-0.2, -0.15) is 0 Å². The molecule has 0 radical (unpaired) electrons. The van der Waals surface area contributed by atoms with E-state index in [-0.39, 0.29) is 5.91 Å². The van der Waals surface area contributed by atoms with Crippen molar-refractivity contribution in [2.24, 2.45) is 0 Å². The summed E-state index contributed by atoms with van der Waals surface area (Å²) in [5.74, 6) is 0.511. The van der Waals surface area contributed by atoms with Gasteiger partial charge in [-0.1, -0.05) is 19.3 Å². The number of nitrogens with zero attached hydrogens (tertiary/aromatic N) is 1. The number of carbonyl (C=O) groups is 1. The standard InChI is InChI=1S/C13H19N3O/c1-10(17)15-13-8-7-12(9-14-13)16-11-5-3-2-4-6-11/h7-9,11,16H,2-6H2,1H3,(H,14,15,17). The summed E-state index contributed by atoms with van der Waals surface area (Å²) < 4.78 is 0. The van der Waals surface area contributed by atoms with E-state index >= 15 is 0 Å². The molecule has 0 unspecified atom stereocenters. The van der Waals surface area contributed by atoms with Crippen LogP contribution >= 0.6 is 0 Å². The van der Waals surface area contributed by atoms with Crippen molar-refractivity contribution in [3.63, 3.8) is 0 Å². The molecule has 1 aromatic heterocycles. The van der Waals surface area contributed by atoms with Crippen molar-refractivity contribution < 1.29 is 4.79 Å². The molecule has 1 aliphatic carbocycles. The van der Waals surface area contributed by atoms with Crippen molar-refractivity contribution in [3.8, 4) is 0 Å². The van der Waals surface area contributed by atoms with Crippen LogP contribution in [0.3, 0.4) is 0 Å². The van der Waals surface area contributed by atoms with Gasteiger partial charge in [0, 0.05) is 13.0 Å². The highest BCUT2D eigenvalue weighted by Crippen LogP contribution is 2.21. The molecule has 0 aliphatic heterocycles. The monoisotopic (exact) mass is 233 g/mol. The number of aromatic nitrogens is 1. The summed E-state index contributed by atoms with van der Waals surface area (Å²) in [6.45, 7) is 1.48. The first-order valence-corrected chi connectivity index (χ1v) is 6.24. The van der Waals surface area contributed by atoms with Crippen LogP contribution < -0.4 is 10.6 Å². The van der Waals surface area contributed by atoms with E-state index in [2.05, 4.69) is 15.6 Å². The van der Waals surface area contributed by atoms with Gasteiger partial charge in [0.2, 0.25) is 5.91 Å². The van der Waals surface area contributed by atoms with Gasteiger partial charge in [-0.25, -0.2) is 4.98 Å². The van der Waals surface area contributed by atoms with Crippen LogP contribution in [0.25, 0.3) is 0 Å². The molecule has 1 amide bonds. The fourth-order valence-electron chi connectivity index (χ4n) is 2.22. The van der Waals surface area contributed by atoms with Crippen molar-refractivity contribution in [2.45, 2.75) is 45.1 Å². The Morgan fingerprint density at radius 3 is 2.65 bits per heavy atom. The predicted molar refractivity (Wildman–Crippen MR) is 69.0 cm³/mol. The maximum Gasteiger partial charge on any atom is 0.222 e. The summed E-state index contributed by atoms with van der Waals surface area (Å²) in [4.78, 5) is 15.0. The SMILES string of the molecule is CC(=O)Nc1ccc(NC2CCCCC2)cn1. The van der Waals surface area contributed by atoms with E-state index < -0.39 is 0 Å². The zero-order valence-corrected chi connectivity index (χ0v) is 10.2. The van der Waals surface area contributed by atoms with Gasteiger partial charge in [0.25, 0.3) is 0 Å². The third-order valence-electron chi connectivity index (χ3n) is 3.04. The Balaban J connectivity index is 1.90. The molecule has 1 heterocycles. The van der Waals surface area contributed by atoms with Gasteiger partial charge in [-0.05, 0) is 25.0 Å². The maximum atomic E-state index is 10.8. The van der Waals surface area contributed by atoms with Crippen LogP contribution in [0.15, 0.2) is 18.3 Å². The number of nitrogens with one attached hydrogen (secondary N) is 2. The molecule has 1 fully saturated rings. The second kappa shape index (κ2) is 5.66. The first-order valence-electron chi connectivity index (χ1n) is 6.24. The van der Waals surface area contributed by atoms with Crippen molar-refractivity contribution in [3.05, 3.63) is 18.3 Å². The highest BCUT2D eigenvalue weighted by atomic mass is 16.1. The molecule has 0 saturated heterocycles. The number of carbonyl (C=O) groups excluding carboxylic acids is 1. The normalized spacial score (nSPS) is 16.5. The van der Waals surface area contributed by atoms with E-state index in [4.69, 9.17) is 0 Å². The summed E-state index contributed by atoms with van der Waals surface area (Å²) in [7, 11) is 0. The summed E-state index contributed by atoms with van der Waals surface area (Å²) in [5.41, 5.74) is 1.03. The molecule has 0 aromatic carbocycles. The number of rotatable bonds is 3. The first-order chi connectivity index (χ1) is 8.24. The molecule has 1 saturated carbocycles. The molecule has 2 rings (SSSR count). The van der Waals surface area contributed by atoms with Crippen molar-refractivity contribution in [1.82, 2.24) is 4.98 Å². The second-order valence-electron chi connectivity index (χ2n) is 4.59. The molecule has 2 N–H and O–H groups in total. The molecule has 0 bridgehead atoms. The maximum absolute atomic E-state index is 10.8. The van der Waals surface area contributed by atoms with E-state index in [1.54, 1.807) is 6.20 Å². The Labute approximate surface area is 102 Å². The highest BCUT2D eigenvalue weighted by molar-refractivity contribution is 5.87. The quantitative estimate of drug-likeness (QED) is 0.844. The van der Waals surface area contributed by atoms with Gasteiger partial charge in [0.1, 0.15) is 5.82 Å². The van der Waals surface area contributed by atoms with Crippen LogP contribution in [0.4, 0.5) is 11.5 Å². The topological polar surface area (TPSA) is 54.0 Å². The lowest BCUT2D eigenvalue weighted by Crippen LogP contribution is -2.22. The van der Waals surface area contributed by atoms with Gasteiger partial charge in [-0.3, -0.25) is 4.79 Å². The summed E-state index contributed by atoms with van der Waals surface area (Å²) >= 11 is 0. The average molecular weight is 233 g/mol. The minimum Gasteiger partial charge on any atom is -0.381 e. The van der Waals surface area contributed by atoms with Crippen molar-refractivity contribution in [2.75, 3.05) is 10.6 Å². The Kier molecular flexibility index (Phi) is 3.96. The molecular weight excluding hydrogens is 214 g/mol. The molecular formula is C13H19N3O. The van der Waals surface area contributed by atoms with Crippen molar-refractivity contribution in [1.29, 1.82) is 0 Å². The second-order valence-corrected chi connectivity index (χ2v) is 4.59. The predicted octanol–water partition coefficient (Wildman–Crippen LogP) is 2.78. The minimum atomic E-state index is -0.0921. The van der Waals surface area contributed by atoms with Crippen LogP contribution in [-0.2, 0) is 4.79 Å². The highest BCUT2D eigenvalue weighted by Gasteiger charge is 2.12. The van der Waals surface area contributed by atoms with Crippen molar-refractivity contribution >= 4 is 17.4 Å². The zero-order chi connectivity index (χ0) is 12.1. The van der Waals surface area contributed by atoms with E-state index in [9.17, 15) is 4.79 Å². The Hall–Kier alpha value is -1.58. The number of anilines is 2. The number of hydrogen-bond donors (Lipinski definition) is 2. The minimum absolute atomic E-state index is 0.0921. The number of pyridine rings is 1. The number of amides is 1. The smallest absolute Gasteiger partial charge is 0.222 e. The zero-order valence-electron chi connectivity index (χ0n) is 10.2. The summed E-state index contributed by atoms with van der Waals surface area (Å²) in [6, 6.07) is 4.37. The molecule has 0 spiro atoms. The van der Waals surface area contributed by atoms with Crippen LogP contribution in [0, 0.1) is 0 Å². The van der Waals surface area contributed by atoms with Gasteiger partial charge in [0.05, 0.1) is 11.9 Å². The lowest BCUT2D eigenvalue weighted by molar-refractivity contribution is -0.114. The Morgan fingerprint density at radius 2 is 2.06 bits per heavy atom. The molecule has 0 atom stereocenters. The summed E-state index contributed by atoms with van der Waals surface area (Å²) in [6.07, 6.45) is 8.25. The van der Waals surface area contributed by atoms with Crippen LogP contribution in [0.1, 0.15) is 39.0 Å². The van der Waals surface area contributed by atoms with E-state index in [0.29, 0.717) is 11.9 Å². The average Bonchev–Trinajstić information content (AvgIpc) is 2.32. The Morgan fingerprint density at radius 1 is 1.29 bits per heavy atom. The van der Waals surface area contributed by atoms with Crippen LogP contribution in [0.5, 0.6) is 0 Å². The lowest BCUT2D eigenvalue weighted by Gasteiger charge is -2.23. The third-order valence-corrected chi connectivity index (χ3v) is 3.04. The molecule has 92 valence electrons. The Bertz CT molecular complexity index is 369. The third kappa shape index (κ3) is 3.73. The molecule has 17 heavy (non-hydrogen) atoms. The van der Waals surface area contributed by atoms with Crippen LogP contribution in [-0.4, -0.2) is 16.9 Å². The fraction of sp³-hybridized carbons (Fsp3) is 0.538. The summed E-state index contributed by atoms with van der Waals surface area (Å²) in [5, 5.41) is 6.14. The first kappa shape index (κ1) is 11.9. The van der Waals surface area contributed by atoms with Gasteiger partial charge < -0.3 is 10.6 Å². The lowest BCUT2D eigenvalue weighted by atomic mass is 9.95. The van der Waals surface area contributed by atoms with E-state index in [1.807, 2.05) is 12.1 Å². The molecule has 4 nitrogen and oxygen atoms in total. The van der Waals surface area contributed by atoms with E-state index in [1.165, 1.54) is 39.0 Å². The van der Waals surface area contributed by atoms with Gasteiger partial charge >= 0.3 is 0 Å². The largest absolute Gasteiger partial charge is 0.381 e.